The van der Waals surface area contributed by atoms with Crippen LogP contribution in [-0.4, -0.2) is 45.2 Å². The number of hydrogen-bond donors (Lipinski definition) is 1. The Kier molecular flexibility index (Phi) is 10.4. The first-order valence-electron chi connectivity index (χ1n) is 12.6. The fraction of sp³-hybridized carbons (Fsp3) is 0.357. The third kappa shape index (κ3) is 8.35. The Morgan fingerprint density at radius 2 is 1.85 bits per heavy atom. The Morgan fingerprint density at radius 3 is 2.55 bits per heavy atom. The van der Waals surface area contributed by atoms with Crippen LogP contribution in [0.25, 0.3) is 5.57 Å². The van der Waals surface area contributed by atoms with Crippen molar-refractivity contribution in [1.29, 1.82) is 0 Å². The molecule has 40 heavy (non-hydrogen) atoms. The van der Waals surface area contributed by atoms with E-state index >= 15 is 0 Å². The Bertz CT molecular complexity index is 1400. The summed E-state index contributed by atoms with van der Waals surface area (Å²) in [6.45, 7) is 5.57. The molecule has 1 heterocycles. The molecule has 8 nitrogen and oxygen atoms in total. The average molecular weight is 581 g/mol. The minimum absolute atomic E-state index is 0.0408. The van der Waals surface area contributed by atoms with Crippen LogP contribution in [0.3, 0.4) is 0 Å². The number of aliphatic imine (C=N–C) groups is 1. The highest BCUT2D eigenvalue weighted by molar-refractivity contribution is 8.06. The van der Waals surface area contributed by atoms with Crippen LogP contribution in [0.2, 0.25) is 0 Å². The highest BCUT2D eigenvalue weighted by Gasteiger charge is 2.36. The van der Waals surface area contributed by atoms with Gasteiger partial charge in [0.15, 0.2) is 21.3 Å². The van der Waals surface area contributed by atoms with Gasteiger partial charge in [0, 0.05) is 30.2 Å². The number of sulfone groups is 1. The van der Waals surface area contributed by atoms with Gasteiger partial charge >= 0.3 is 6.18 Å². The number of nitrogens with one attached hydrogen (secondary N) is 1. The number of alkyl halides is 3. The van der Waals surface area contributed by atoms with E-state index in [1.54, 1.807) is 49.4 Å². The quantitative estimate of drug-likeness (QED) is 0.179. The number of carbonyl (C=O) groups is 1. The zero-order valence-electron chi connectivity index (χ0n) is 22.2. The first-order chi connectivity index (χ1) is 18.9. The molecule has 2 aromatic carbocycles. The van der Waals surface area contributed by atoms with E-state index in [2.05, 4.69) is 16.9 Å². The van der Waals surface area contributed by atoms with Gasteiger partial charge in [-0.25, -0.2) is 13.4 Å². The van der Waals surface area contributed by atoms with E-state index in [-0.39, 0.29) is 31.6 Å². The summed E-state index contributed by atoms with van der Waals surface area (Å²) in [7, 11) is -2.82. The van der Waals surface area contributed by atoms with Crippen LogP contribution >= 0.6 is 0 Å². The fourth-order valence-electron chi connectivity index (χ4n) is 3.81. The van der Waals surface area contributed by atoms with Crippen molar-refractivity contribution < 1.29 is 40.6 Å². The highest BCUT2D eigenvalue weighted by Crippen LogP contribution is 2.35. The minimum Gasteiger partial charge on any atom is -0.496 e. The maximum Gasteiger partial charge on any atom is 0.433 e. The predicted molar refractivity (Wildman–Crippen MR) is 147 cm³/mol. The van der Waals surface area contributed by atoms with Crippen LogP contribution in [0, 0.1) is 0 Å². The molecule has 0 saturated heterocycles. The van der Waals surface area contributed by atoms with E-state index in [0.717, 1.165) is 0 Å². The summed E-state index contributed by atoms with van der Waals surface area (Å²) in [4.78, 5) is 16.0. The number of methoxy groups -OCH3 is 1. The molecule has 0 aliphatic carbocycles. The lowest BCUT2D eigenvalue weighted by molar-refractivity contribution is -0.116. The number of fused-ring (bicyclic) bond motifs is 1. The van der Waals surface area contributed by atoms with Gasteiger partial charge in [0.1, 0.15) is 16.5 Å². The van der Waals surface area contributed by atoms with Crippen molar-refractivity contribution in [3.63, 3.8) is 0 Å². The highest BCUT2D eigenvalue weighted by atomic mass is 32.2. The van der Waals surface area contributed by atoms with E-state index in [4.69, 9.17) is 14.2 Å². The van der Waals surface area contributed by atoms with E-state index in [0.29, 0.717) is 47.4 Å². The number of ether oxygens (including phenoxy) is 3. The van der Waals surface area contributed by atoms with Crippen LogP contribution in [0.15, 0.2) is 65.8 Å². The molecule has 0 atom stereocenters. The van der Waals surface area contributed by atoms with Gasteiger partial charge in [-0.3, -0.25) is 4.79 Å². The maximum absolute atomic E-state index is 14.0. The van der Waals surface area contributed by atoms with Gasteiger partial charge < -0.3 is 19.5 Å². The molecule has 0 radical (unpaired) electrons. The second-order valence-corrected chi connectivity index (χ2v) is 11.0. The fourth-order valence-corrected chi connectivity index (χ4v) is 5.26. The molecule has 1 amide bonds. The lowest BCUT2D eigenvalue weighted by Crippen LogP contribution is -2.22. The third-order valence-corrected chi connectivity index (χ3v) is 7.72. The topological polar surface area (TPSA) is 103 Å². The maximum atomic E-state index is 14.0. The number of carbonyl (C=O) groups excluding carboxylic acids is 1. The predicted octanol–water partition coefficient (Wildman–Crippen LogP) is 6.31. The van der Waals surface area contributed by atoms with Crippen molar-refractivity contribution in [3.05, 3.63) is 66.4 Å². The number of halogens is 3. The molecular weight excluding hydrogens is 549 g/mol. The molecule has 0 unspecified atom stereocenters. The number of benzene rings is 2. The van der Waals surface area contributed by atoms with Crippen LogP contribution < -0.4 is 19.5 Å². The summed E-state index contributed by atoms with van der Waals surface area (Å²) < 4.78 is 83.8. The third-order valence-electron chi connectivity index (χ3n) is 5.88. The van der Waals surface area contributed by atoms with Gasteiger partial charge in [0.2, 0.25) is 12.7 Å². The number of rotatable bonds is 12. The number of amides is 1. The summed E-state index contributed by atoms with van der Waals surface area (Å²) >= 11 is 0. The molecule has 3 rings (SSSR count). The molecule has 1 aliphatic rings. The molecule has 12 heteroatoms. The van der Waals surface area contributed by atoms with E-state index in [1.807, 2.05) is 0 Å². The monoisotopic (exact) mass is 580 g/mol. The molecule has 0 bridgehead atoms. The number of unbranched alkanes of at least 4 members (excludes halogenated alkanes) is 1. The molecular formula is C28H31F3N2O6S. The van der Waals surface area contributed by atoms with Crippen molar-refractivity contribution in [3.8, 4) is 17.2 Å². The van der Waals surface area contributed by atoms with Gasteiger partial charge in [-0.2, -0.15) is 13.2 Å². The first-order valence-corrected chi connectivity index (χ1v) is 14.2. The second-order valence-electron chi connectivity index (χ2n) is 8.90. The van der Waals surface area contributed by atoms with Crippen LogP contribution in [0.1, 0.15) is 44.6 Å². The van der Waals surface area contributed by atoms with Gasteiger partial charge in [0.25, 0.3) is 0 Å². The number of nitrogens with zero attached hydrogens (tertiary/aromatic N) is 1. The summed E-state index contributed by atoms with van der Waals surface area (Å²) in [6.07, 6.45) is -3.81. The van der Waals surface area contributed by atoms with Crippen molar-refractivity contribution in [2.45, 2.75) is 45.2 Å². The number of allylic oxidation sites excluding steroid dienone is 3. The van der Waals surface area contributed by atoms with Crippen LogP contribution in [0.5, 0.6) is 17.2 Å². The van der Waals surface area contributed by atoms with Crippen LogP contribution in [0.4, 0.5) is 18.9 Å². The van der Waals surface area contributed by atoms with Crippen molar-refractivity contribution in [2.75, 3.05) is 25.0 Å². The second kappa shape index (κ2) is 13.5. The van der Waals surface area contributed by atoms with Crippen molar-refractivity contribution >= 4 is 32.0 Å². The smallest absolute Gasteiger partial charge is 0.433 e. The van der Waals surface area contributed by atoms with Gasteiger partial charge in [-0.1, -0.05) is 38.1 Å². The van der Waals surface area contributed by atoms with Gasteiger partial charge in [-0.15, -0.1) is 0 Å². The Balaban J connectivity index is 1.76. The van der Waals surface area contributed by atoms with Crippen molar-refractivity contribution in [2.24, 2.45) is 4.99 Å². The molecule has 2 aromatic rings. The average Bonchev–Trinajstić information content (AvgIpc) is 3.37. The van der Waals surface area contributed by atoms with E-state index < -0.39 is 38.4 Å². The first kappa shape index (κ1) is 30.7. The standard InChI is InChI=1S/C28H31F3N2O6S/c1-4-5-12-27(33-25(28(29,30)31)16-19(2)21-9-6-7-10-22(21)37-3)40(35,36)15-8-11-26(34)32-20-13-14-23-24(17-20)39-18-38-23/h6-7,9-10,13-14,16-17H,2,4-5,8,11-12,15,18H2,1,3H3,(H,32,34)/b25-16-,33-27?. The lowest BCUT2D eigenvalue weighted by atomic mass is 10.1. The molecule has 216 valence electrons. The molecule has 0 aromatic heterocycles. The van der Waals surface area contributed by atoms with Crippen LogP contribution in [-0.2, 0) is 14.6 Å². The Morgan fingerprint density at radius 1 is 1.12 bits per heavy atom. The summed E-state index contributed by atoms with van der Waals surface area (Å²) in [6, 6.07) is 11.2. The zero-order valence-corrected chi connectivity index (χ0v) is 23.0. The molecule has 0 spiro atoms. The Labute approximate surface area is 231 Å². The summed E-state index contributed by atoms with van der Waals surface area (Å²) in [5.41, 5.74) is -0.675. The van der Waals surface area contributed by atoms with Gasteiger partial charge in [-0.05, 0) is 42.7 Å². The van der Waals surface area contributed by atoms with E-state index in [1.165, 1.54) is 7.11 Å². The number of para-hydroxylation sites is 1. The molecule has 1 aliphatic heterocycles. The van der Waals surface area contributed by atoms with E-state index in [9.17, 15) is 26.4 Å². The van der Waals surface area contributed by atoms with Gasteiger partial charge in [0.05, 0.1) is 12.9 Å². The normalized spacial score (nSPS) is 13.7. The lowest BCUT2D eigenvalue weighted by Gasteiger charge is -2.14. The SMILES string of the molecule is C=C(/C=C(\N=C(CCCC)S(=O)(=O)CCCC(=O)Nc1ccc2c(c1)OCO2)C(F)(F)F)c1ccccc1OC. The summed E-state index contributed by atoms with van der Waals surface area (Å²) in [5, 5.41) is 2.06. The molecule has 0 saturated carbocycles. The Hall–Kier alpha value is -3.80. The summed E-state index contributed by atoms with van der Waals surface area (Å²) in [5.74, 6) is 0.334. The largest absolute Gasteiger partial charge is 0.496 e. The molecule has 0 fully saturated rings. The number of hydrogen-bond acceptors (Lipinski definition) is 7. The minimum atomic E-state index is -4.94. The van der Waals surface area contributed by atoms with Crippen molar-refractivity contribution in [1.82, 2.24) is 0 Å². The number of anilines is 1. The zero-order chi connectivity index (χ0) is 29.3. The molecule has 1 N–H and O–H groups in total.